The third-order valence-electron chi connectivity index (χ3n) is 5.45. The van der Waals surface area contributed by atoms with Gasteiger partial charge in [0, 0.05) is 11.8 Å². The van der Waals surface area contributed by atoms with Gasteiger partial charge in [0.2, 0.25) is 0 Å². The lowest BCUT2D eigenvalue weighted by atomic mass is 9.49. The van der Waals surface area contributed by atoms with Crippen LogP contribution in [0.15, 0.2) is 0 Å². The summed E-state index contributed by atoms with van der Waals surface area (Å²) in [6.45, 7) is 4.70. The van der Waals surface area contributed by atoms with Crippen molar-refractivity contribution in [3.8, 4) is 0 Å². The van der Waals surface area contributed by atoms with E-state index in [-0.39, 0.29) is 5.41 Å². The topological polar surface area (TPSA) is 17.1 Å². The second-order valence-electron chi connectivity index (χ2n) is 5.79. The van der Waals surface area contributed by atoms with E-state index < -0.39 is 0 Å². The van der Waals surface area contributed by atoms with Crippen molar-refractivity contribution in [3.05, 3.63) is 0 Å². The summed E-state index contributed by atoms with van der Waals surface area (Å²) in [5, 5.41) is 0. The van der Waals surface area contributed by atoms with E-state index in [4.69, 9.17) is 0 Å². The van der Waals surface area contributed by atoms with Crippen molar-refractivity contribution in [2.45, 2.75) is 46.0 Å². The molecule has 4 atom stereocenters. The molecule has 0 heterocycles. The monoisotopic (exact) mass is 178 g/mol. The highest BCUT2D eigenvalue weighted by atomic mass is 16.1. The number of Topliss-reactive ketones (excluding diaryl/α,β-unsaturated/α-hetero) is 1. The Labute approximate surface area is 79.9 Å². The van der Waals surface area contributed by atoms with Crippen LogP contribution >= 0.6 is 0 Å². The number of hydrogen-bond donors (Lipinski definition) is 0. The minimum absolute atomic E-state index is 0.173. The lowest BCUT2D eigenvalue weighted by molar-refractivity contribution is -0.157. The Kier molecular flexibility index (Phi) is 1.24. The molecule has 0 saturated heterocycles. The van der Waals surface area contributed by atoms with Crippen LogP contribution < -0.4 is 0 Å². The molecule has 0 aromatic rings. The zero-order chi connectivity index (χ0) is 9.27. The number of carbonyl (C=O) groups is 1. The lowest BCUT2D eigenvalue weighted by Gasteiger charge is -2.52. The van der Waals surface area contributed by atoms with Crippen LogP contribution in [0.25, 0.3) is 0 Å². The quantitative estimate of drug-likeness (QED) is 0.557. The van der Waals surface area contributed by atoms with E-state index in [0.29, 0.717) is 11.2 Å². The molecule has 3 rings (SSSR count). The molecule has 0 bridgehead atoms. The predicted octanol–water partition coefficient (Wildman–Crippen LogP) is 2.79. The molecule has 0 aromatic carbocycles. The first-order valence-electron chi connectivity index (χ1n) is 5.63. The largest absolute Gasteiger partial charge is 0.299 e. The van der Waals surface area contributed by atoms with Gasteiger partial charge in [-0.05, 0) is 42.9 Å². The number of rotatable bonds is 0. The molecular formula is C12H18O. The van der Waals surface area contributed by atoms with Gasteiger partial charge in [-0.1, -0.05) is 13.8 Å². The van der Waals surface area contributed by atoms with Crippen LogP contribution in [0.2, 0.25) is 0 Å². The first-order chi connectivity index (χ1) is 6.10. The Hall–Kier alpha value is -0.330. The van der Waals surface area contributed by atoms with Crippen molar-refractivity contribution < 1.29 is 4.79 Å². The van der Waals surface area contributed by atoms with E-state index in [1.54, 1.807) is 0 Å². The highest BCUT2D eigenvalue weighted by Gasteiger charge is 2.71. The predicted molar refractivity (Wildman–Crippen MR) is 51.3 cm³/mol. The molecule has 4 unspecified atom stereocenters. The van der Waals surface area contributed by atoms with Gasteiger partial charge >= 0.3 is 0 Å². The van der Waals surface area contributed by atoms with Gasteiger partial charge in [0.15, 0.2) is 0 Å². The molecule has 3 aliphatic rings. The maximum absolute atomic E-state index is 11.9. The van der Waals surface area contributed by atoms with Crippen LogP contribution in [-0.2, 0) is 4.79 Å². The Morgan fingerprint density at radius 3 is 2.69 bits per heavy atom. The standard InChI is InChI=1S/C12H18O/c1-8-3-6-12-9(8)4-5-11(12,2)7-10(12)13/h8-9H,3-7H2,1-2H3. The highest BCUT2D eigenvalue weighted by Crippen LogP contribution is 2.73. The fourth-order valence-corrected chi connectivity index (χ4v) is 4.64. The second kappa shape index (κ2) is 2.02. The lowest BCUT2D eigenvalue weighted by Crippen LogP contribution is -2.55. The fourth-order valence-electron chi connectivity index (χ4n) is 4.64. The third kappa shape index (κ3) is 0.628. The maximum atomic E-state index is 11.9. The van der Waals surface area contributed by atoms with Gasteiger partial charge in [-0.15, -0.1) is 0 Å². The summed E-state index contributed by atoms with van der Waals surface area (Å²) in [7, 11) is 0. The minimum atomic E-state index is 0.173. The molecule has 3 aliphatic carbocycles. The fraction of sp³-hybridized carbons (Fsp3) is 0.917. The van der Waals surface area contributed by atoms with Gasteiger partial charge in [-0.3, -0.25) is 4.79 Å². The molecule has 1 heteroatoms. The molecule has 72 valence electrons. The van der Waals surface area contributed by atoms with E-state index in [1.807, 2.05) is 0 Å². The first-order valence-corrected chi connectivity index (χ1v) is 5.63. The smallest absolute Gasteiger partial charge is 0.140 e. The molecule has 3 fully saturated rings. The van der Waals surface area contributed by atoms with Gasteiger partial charge < -0.3 is 0 Å². The molecule has 0 N–H and O–H groups in total. The van der Waals surface area contributed by atoms with E-state index in [0.717, 1.165) is 18.3 Å². The Morgan fingerprint density at radius 2 is 2.08 bits per heavy atom. The Bertz CT molecular complexity index is 283. The summed E-state index contributed by atoms with van der Waals surface area (Å²) >= 11 is 0. The van der Waals surface area contributed by atoms with Crippen molar-refractivity contribution in [1.29, 1.82) is 0 Å². The van der Waals surface area contributed by atoms with Gasteiger partial charge in [0.05, 0.1) is 0 Å². The summed E-state index contributed by atoms with van der Waals surface area (Å²) in [5.74, 6) is 2.16. The number of carbonyl (C=O) groups excluding carboxylic acids is 1. The van der Waals surface area contributed by atoms with E-state index in [2.05, 4.69) is 13.8 Å². The highest BCUT2D eigenvalue weighted by molar-refractivity contribution is 5.94. The summed E-state index contributed by atoms with van der Waals surface area (Å²) in [6, 6.07) is 0. The third-order valence-corrected chi connectivity index (χ3v) is 5.45. The zero-order valence-electron chi connectivity index (χ0n) is 8.60. The molecule has 0 amide bonds. The molecule has 0 radical (unpaired) electrons. The van der Waals surface area contributed by atoms with Gasteiger partial charge in [0.25, 0.3) is 0 Å². The van der Waals surface area contributed by atoms with E-state index in [9.17, 15) is 4.79 Å². The van der Waals surface area contributed by atoms with E-state index in [1.165, 1.54) is 25.7 Å². The average molecular weight is 178 g/mol. The molecular weight excluding hydrogens is 160 g/mol. The van der Waals surface area contributed by atoms with Crippen LogP contribution in [0.5, 0.6) is 0 Å². The van der Waals surface area contributed by atoms with E-state index >= 15 is 0 Å². The average Bonchev–Trinajstić information content (AvgIpc) is 2.52. The zero-order valence-corrected chi connectivity index (χ0v) is 8.60. The van der Waals surface area contributed by atoms with Gasteiger partial charge in [-0.25, -0.2) is 0 Å². The molecule has 1 nitrogen and oxygen atoms in total. The molecule has 0 aromatic heterocycles. The van der Waals surface area contributed by atoms with Crippen molar-refractivity contribution in [1.82, 2.24) is 0 Å². The van der Waals surface area contributed by atoms with Crippen LogP contribution in [0.4, 0.5) is 0 Å². The van der Waals surface area contributed by atoms with Crippen molar-refractivity contribution in [3.63, 3.8) is 0 Å². The van der Waals surface area contributed by atoms with Crippen LogP contribution in [0, 0.1) is 22.7 Å². The van der Waals surface area contributed by atoms with Crippen molar-refractivity contribution >= 4 is 5.78 Å². The molecule has 13 heavy (non-hydrogen) atoms. The maximum Gasteiger partial charge on any atom is 0.140 e. The van der Waals surface area contributed by atoms with Gasteiger partial charge in [-0.2, -0.15) is 0 Å². The van der Waals surface area contributed by atoms with Crippen LogP contribution in [0.1, 0.15) is 46.0 Å². The first kappa shape index (κ1) is 8.02. The van der Waals surface area contributed by atoms with Gasteiger partial charge in [0.1, 0.15) is 5.78 Å². The molecule has 1 spiro atoms. The SMILES string of the molecule is CC1CCC23C(=O)CC2(C)CCC13. The second-order valence-corrected chi connectivity index (χ2v) is 5.79. The normalized spacial score (nSPS) is 58.8. The van der Waals surface area contributed by atoms with Crippen LogP contribution in [0.3, 0.4) is 0 Å². The minimum Gasteiger partial charge on any atom is -0.299 e. The Balaban J connectivity index is 2.07. The number of hydrogen-bond acceptors (Lipinski definition) is 1. The molecule has 0 aliphatic heterocycles. The Morgan fingerprint density at radius 1 is 1.31 bits per heavy atom. The molecule has 3 saturated carbocycles. The number of ketones is 1. The van der Waals surface area contributed by atoms with Crippen molar-refractivity contribution in [2.24, 2.45) is 22.7 Å². The summed E-state index contributed by atoms with van der Waals surface area (Å²) < 4.78 is 0. The van der Waals surface area contributed by atoms with Crippen LogP contribution in [-0.4, -0.2) is 5.78 Å². The summed E-state index contributed by atoms with van der Waals surface area (Å²) in [4.78, 5) is 11.9. The van der Waals surface area contributed by atoms with Crippen molar-refractivity contribution in [2.75, 3.05) is 0 Å². The summed E-state index contributed by atoms with van der Waals surface area (Å²) in [5.41, 5.74) is 0.589. The summed E-state index contributed by atoms with van der Waals surface area (Å²) in [6.07, 6.45) is 6.02.